The summed E-state index contributed by atoms with van der Waals surface area (Å²) in [5.41, 5.74) is 2.12. The molecule has 3 aromatic heterocycles. The van der Waals surface area contributed by atoms with Crippen LogP contribution in [-0.2, 0) is 6.54 Å². The number of aromatic nitrogens is 5. The number of carboxylic acid groups (broad SMARTS) is 1. The summed E-state index contributed by atoms with van der Waals surface area (Å²) < 4.78 is 3.26. The molecule has 9 heteroatoms. The summed E-state index contributed by atoms with van der Waals surface area (Å²) in [6.45, 7) is 2.72. The molecule has 0 amide bonds. The Labute approximate surface area is 171 Å². The van der Waals surface area contributed by atoms with E-state index in [1.54, 1.807) is 0 Å². The predicted octanol–water partition coefficient (Wildman–Crippen LogP) is 2.06. The maximum atomic E-state index is 12.8. The molecule has 0 unspecified atom stereocenters. The Morgan fingerprint density at radius 1 is 1.23 bits per heavy atom. The second kappa shape index (κ2) is 7.27. The van der Waals surface area contributed by atoms with Gasteiger partial charge in [-0.15, -0.1) is 0 Å². The van der Waals surface area contributed by atoms with Gasteiger partial charge in [-0.05, 0) is 18.1 Å². The average molecular weight is 404 g/mol. The van der Waals surface area contributed by atoms with Crippen molar-refractivity contribution in [1.82, 2.24) is 29.2 Å². The summed E-state index contributed by atoms with van der Waals surface area (Å²) in [6.07, 6.45) is 5.40. The van der Waals surface area contributed by atoms with Gasteiger partial charge in [0.1, 0.15) is 5.52 Å². The highest BCUT2D eigenvalue weighted by Gasteiger charge is 2.26. The minimum absolute atomic E-state index is 0.0276. The fraction of sp³-hybridized carbons (Fsp3) is 0.238. The average Bonchev–Trinajstić information content (AvgIpc) is 3.48. The molecule has 4 heterocycles. The number of nitrogens with zero attached hydrogens (tertiary/aromatic N) is 5. The largest absolute Gasteiger partial charge is 0.478 e. The molecule has 0 saturated carbocycles. The number of H-pyrrole nitrogens is 1. The number of benzene rings is 1. The van der Waals surface area contributed by atoms with Crippen molar-refractivity contribution >= 4 is 17.0 Å². The molecular weight excluding hydrogens is 384 g/mol. The highest BCUT2D eigenvalue weighted by atomic mass is 16.4. The fourth-order valence-corrected chi connectivity index (χ4v) is 4.05. The van der Waals surface area contributed by atoms with Gasteiger partial charge in [-0.1, -0.05) is 30.3 Å². The van der Waals surface area contributed by atoms with Gasteiger partial charge >= 0.3 is 5.97 Å². The molecule has 30 heavy (non-hydrogen) atoms. The third-order valence-electron chi connectivity index (χ3n) is 5.50. The van der Waals surface area contributed by atoms with Gasteiger partial charge in [-0.25, -0.2) is 14.5 Å². The van der Waals surface area contributed by atoms with Crippen LogP contribution in [0.4, 0.5) is 0 Å². The minimum atomic E-state index is -1.09. The number of carboxylic acids is 1. The van der Waals surface area contributed by atoms with Crippen LogP contribution >= 0.6 is 0 Å². The van der Waals surface area contributed by atoms with Crippen LogP contribution in [0.25, 0.3) is 17.0 Å². The molecule has 1 fully saturated rings. The first-order valence-corrected chi connectivity index (χ1v) is 9.74. The van der Waals surface area contributed by atoms with Gasteiger partial charge in [0.15, 0.2) is 0 Å². The Balaban J connectivity index is 1.41. The molecule has 0 aliphatic carbocycles. The lowest BCUT2D eigenvalue weighted by Crippen LogP contribution is -2.22. The topological polar surface area (TPSA) is 109 Å². The lowest BCUT2D eigenvalue weighted by atomic mass is 10.2. The maximum Gasteiger partial charge on any atom is 0.338 e. The molecule has 0 spiro atoms. The number of likely N-dealkylation sites (tertiary alicyclic amines) is 1. The Bertz CT molecular complexity index is 1270. The van der Waals surface area contributed by atoms with E-state index in [2.05, 4.69) is 32.1 Å². The second-order valence-electron chi connectivity index (χ2n) is 7.49. The molecule has 2 N–H and O–H groups in total. The van der Waals surface area contributed by atoms with E-state index in [0.29, 0.717) is 11.0 Å². The minimum Gasteiger partial charge on any atom is -0.478 e. The first kappa shape index (κ1) is 18.3. The third-order valence-corrected chi connectivity index (χ3v) is 5.50. The molecule has 152 valence electrons. The SMILES string of the molecule is O=C(O)c1cnn(-c2nc3ccn([C@@H]4CCN(Cc5ccccc5)C4)c3c(=O)[nH]2)c1. The molecule has 1 aliphatic heterocycles. The number of aromatic carboxylic acids is 1. The van der Waals surface area contributed by atoms with E-state index >= 15 is 0 Å². The second-order valence-corrected chi connectivity index (χ2v) is 7.49. The number of rotatable bonds is 5. The van der Waals surface area contributed by atoms with Crippen LogP contribution in [0.15, 0.2) is 59.8 Å². The van der Waals surface area contributed by atoms with Crippen molar-refractivity contribution < 1.29 is 9.90 Å². The van der Waals surface area contributed by atoms with Gasteiger partial charge in [-0.2, -0.15) is 5.10 Å². The molecule has 9 nitrogen and oxygen atoms in total. The highest BCUT2D eigenvalue weighted by Crippen LogP contribution is 2.26. The lowest BCUT2D eigenvalue weighted by molar-refractivity contribution is 0.0697. The van der Waals surface area contributed by atoms with Crippen molar-refractivity contribution in [2.24, 2.45) is 0 Å². The first-order valence-electron chi connectivity index (χ1n) is 9.74. The van der Waals surface area contributed by atoms with Gasteiger partial charge in [0.2, 0.25) is 5.95 Å². The third kappa shape index (κ3) is 3.29. The van der Waals surface area contributed by atoms with Gasteiger partial charge in [0.05, 0.1) is 17.3 Å². The Hall–Kier alpha value is -3.72. The normalized spacial score (nSPS) is 17.0. The lowest BCUT2D eigenvalue weighted by Gasteiger charge is -2.17. The van der Waals surface area contributed by atoms with Crippen molar-refractivity contribution in [1.29, 1.82) is 0 Å². The number of nitrogens with one attached hydrogen (secondary N) is 1. The van der Waals surface area contributed by atoms with Gasteiger partial charge in [0, 0.05) is 38.1 Å². The van der Waals surface area contributed by atoms with Gasteiger partial charge < -0.3 is 9.67 Å². The fourth-order valence-electron chi connectivity index (χ4n) is 4.05. The van der Waals surface area contributed by atoms with E-state index in [0.717, 1.165) is 26.1 Å². The summed E-state index contributed by atoms with van der Waals surface area (Å²) in [4.78, 5) is 33.5. The van der Waals surface area contributed by atoms with Crippen LogP contribution in [0.2, 0.25) is 0 Å². The zero-order valence-electron chi connectivity index (χ0n) is 16.1. The van der Waals surface area contributed by atoms with Crippen LogP contribution < -0.4 is 5.56 Å². The summed E-state index contributed by atoms with van der Waals surface area (Å²) in [5.74, 6) is -0.896. The van der Waals surface area contributed by atoms with Crippen molar-refractivity contribution in [3.63, 3.8) is 0 Å². The number of fused-ring (bicyclic) bond motifs is 1. The van der Waals surface area contributed by atoms with Crippen molar-refractivity contribution in [3.05, 3.63) is 76.5 Å². The molecule has 4 aromatic rings. The summed E-state index contributed by atoms with van der Waals surface area (Å²) in [5, 5.41) is 13.0. The quantitative estimate of drug-likeness (QED) is 0.527. The Kier molecular flexibility index (Phi) is 4.44. The maximum absolute atomic E-state index is 12.8. The predicted molar refractivity (Wildman–Crippen MR) is 110 cm³/mol. The standard InChI is InChI=1S/C21H20N6O3/c28-19-18-17(23-21(24-19)27-12-15(10-22-27)20(29)30)7-9-26(18)16-6-8-25(13-16)11-14-4-2-1-3-5-14/h1-5,7,9-10,12,16H,6,8,11,13H2,(H,29,30)(H,23,24,28)/t16-/m1/s1. The van der Waals surface area contributed by atoms with Crippen molar-refractivity contribution in [2.45, 2.75) is 19.0 Å². The smallest absolute Gasteiger partial charge is 0.338 e. The van der Waals surface area contributed by atoms with Gasteiger partial charge in [-0.3, -0.25) is 14.7 Å². The van der Waals surface area contributed by atoms with Crippen molar-refractivity contribution in [2.75, 3.05) is 13.1 Å². The van der Waals surface area contributed by atoms with Gasteiger partial charge in [0.25, 0.3) is 5.56 Å². The Morgan fingerprint density at radius 3 is 2.83 bits per heavy atom. The molecule has 5 rings (SSSR count). The van der Waals surface area contributed by atoms with Crippen LogP contribution in [0.3, 0.4) is 0 Å². The van der Waals surface area contributed by atoms with Crippen LogP contribution in [0, 0.1) is 0 Å². The molecule has 1 aromatic carbocycles. The molecule has 0 radical (unpaired) electrons. The molecule has 0 bridgehead atoms. The van der Waals surface area contributed by atoms with Crippen molar-refractivity contribution in [3.8, 4) is 5.95 Å². The van der Waals surface area contributed by atoms with Crippen LogP contribution in [0.5, 0.6) is 0 Å². The number of carbonyl (C=O) groups is 1. The van der Waals surface area contributed by atoms with E-state index in [1.807, 2.05) is 35.0 Å². The zero-order valence-corrected chi connectivity index (χ0v) is 16.1. The van der Waals surface area contributed by atoms with Crippen LogP contribution in [0.1, 0.15) is 28.4 Å². The summed E-state index contributed by atoms with van der Waals surface area (Å²) in [6, 6.07) is 12.4. The summed E-state index contributed by atoms with van der Waals surface area (Å²) in [7, 11) is 0. The van der Waals surface area contributed by atoms with E-state index in [-0.39, 0.29) is 23.1 Å². The molecule has 1 atom stereocenters. The van der Waals surface area contributed by atoms with Crippen LogP contribution in [-0.4, -0.2) is 53.4 Å². The highest BCUT2D eigenvalue weighted by molar-refractivity contribution is 5.87. The summed E-state index contributed by atoms with van der Waals surface area (Å²) >= 11 is 0. The molecule has 1 saturated heterocycles. The zero-order chi connectivity index (χ0) is 20.7. The number of hydrogen-bond acceptors (Lipinski definition) is 5. The monoisotopic (exact) mass is 404 g/mol. The first-order chi connectivity index (χ1) is 14.6. The van der Waals surface area contributed by atoms with E-state index in [9.17, 15) is 9.59 Å². The van der Waals surface area contributed by atoms with E-state index in [4.69, 9.17) is 5.11 Å². The molecule has 1 aliphatic rings. The Morgan fingerprint density at radius 2 is 2.07 bits per heavy atom. The van der Waals surface area contributed by atoms with E-state index < -0.39 is 5.97 Å². The number of hydrogen-bond donors (Lipinski definition) is 2. The number of aromatic amines is 1. The molecular formula is C21H20N6O3. The van der Waals surface area contributed by atoms with E-state index in [1.165, 1.54) is 22.6 Å².